The molecule has 0 aliphatic carbocycles. The first-order chi connectivity index (χ1) is 9.12. The van der Waals surface area contributed by atoms with Crippen molar-refractivity contribution in [2.45, 2.75) is 39.3 Å². The fourth-order valence-electron chi connectivity index (χ4n) is 1.85. The second-order valence-electron chi connectivity index (χ2n) is 4.28. The van der Waals surface area contributed by atoms with Gasteiger partial charge >= 0.3 is 5.97 Å². The summed E-state index contributed by atoms with van der Waals surface area (Å²) in [6.45, 7) is 4.76. The molecule has 1 atom stereocenters. The molecule has 1 aromatic rings. The lowest BCUT2D eigenvalue weighted by Gasteiger charge is -2.15. The van der Waals surface area contributed by atoms with Crippen LogP contribution in [0, 0.1) is 0 Å². The van der Waals surface area contributed by atoms with E-state index in [2.05, 4.69) is 10.4 Å². The van der Waals surface area contributed by atoms with E-state index in [9.17, 15) is 4.79 Å². The van der Waals surface area contributed by atoms with E-state index in [0.717, 1.165) is 18.5 Å². The second kappa shape index (κ2) is 7.78. The van der Waals surface area contributed by atoms with Crippen molar-refractivity contribution >= 4 is 5.97 Å². The first-order valence-corrected chi connectivity index (χ1v) is 6.59. The average Bonchev–Trinajstić information content (AvgIpc) is 2.75. The van der Waals surface area contributed by atoms with Gasteiger partial charge in [0, 0.05) is 19.7 Å². The lowest BCUT2D eigenvalue weighted by Crippen LogP contribution is -2.37. The van der Waals surface area contributed by atoms with Crippen molar-refractivity contribution in [3.63, 3.8) is 0 Å². The van der Waals surface area contributed by atoms with E-state index in [1.165, 1.54) is 0 Å². The van der Waals surface area contributed by atoms with Crippen LogP contribution in [-0.4, -0.2) is 35.5 Å². The van der Waals surface area contributed by atoms with Crippen molar-refractivity contribution in [1.29, 1.82) is 0 Å². The molecule has 0 spiro atoms. The second-order valence-corrected chi connectivity index (χ2v) is 4.28. The molecule has 19 heavy (non-hydrogen) atoms. The quantitative estimate of drug-likeness (QED) is 0.720. The molecular formula is C13H23N3O3. The lowest BCUT2D eigenvalue weighted by atomic mass is 10.1. The van der Waals surface area contributed by atoms with Gasteiger partial charge in [0.05, 0.1) is 19.4 Å². The van der Waals surface area contributed by atoms with Gasteiger partial charge in [-0.3, -0.25) is 10.1 Å². The number of rotatable bonds is 8. The normalized spacial score (nSPS) is 12.2. The summed E-state index contributed by atoms with van der Waals surface area (Å²) >= 11 is 0. The molecule has 6 nitrogen and oxygen atoms in total. The van der Waals surface area contributed by atoms with Crippen LogP contribution >= 0.6 is 0 Å². The van der Waals surface area contributed by atoms with Crippen LogP contribution in [0.4, 0.5) is 0 Å². The van der Waals surface area contributed by atoms with Crippen LogP contribution in [0.1, 0.15) is 32.4 Å². The third-order valence-electron chi connectivity index (χ3n) is 2.77. The van der Waals surface area contributed by atoms with Crippen molar-refractivity contribution < 1.29 is 14.3 Å². The van der Waals surface area contributed by atoms with Crippen LogP contribution in [0.2, 0.25) is 0 Å². The zero-order valence-corrected chi connectivity index (χ0v) is 12.1. The summed E-state index contributed by atoms with van der Waals surface area (Å²) in [4.78, 5) is 11.7. The van der Waals surface area contributed by atoms with Gasteiger partial charge in [0.2, 0.25) is 5.88 Å². The van der Waals surface area contributed by atoms with Gasteiger partial charge < -0.3 is 9.47 Å². The van der Waals surface area contributed by atoms with Gasteiger partial charge in [-0.2, -0.15) is 5.10 Å². The number of nitrogens with zero attached hydrogens (tertiary/aromatic N) is 2. The van der Waals surface area contributed by atoms with E-state index < -0.39 is 0 Å². The predicted octanol–water partition coefficient (Wildman–Crippen LogP) is 1.25. The van der Waals surface area contributed by atoms with Crippen molar-refractivity contribution in [1.82, 2.24) is 15.1 Å². The smallest absolute Gasteiger partial charge is 0.323 e. The van der Waals surface area contributed by atoms with E-state index in [1.54, 1.807) is 11.8 Å². The highest BCUT2D eigenvalue weighted by molar-refractivity contribution is 5.75. The zero-order chi connectivity index (χ0) is 14.3. The Morgan fingerprint density at radius 2 is 2.26 bits per heavy atom. The highest BCUT2D eigenvalue weighted by atomic mass is 16.5. The SMILES string of the molecule is CCCC(NCc1cc(OC)n(C)n1)C(=O)OCC. The fourth-order valence-corrected chi connectivity index (χ4v) is 1.85. The van der Waals surface area contributed by atoms with Crippen molar-refractivity contribution in [3.05, 3.63) is 11.8 Å². The maximum Gasteiger partial charge on any atom is 0.323 e. The van der Waals surface area contributed by atoms with Gasteiger partial charge in [0.15, 0.2) is 0 Å². The summed E-state index contributed by atoms with van der Waals surface area (Å²) in [5.41, 5.74) is 0.838. The molecule has 0 bridgehead atoms. The van der Waals surface area contributed by atoms with E-state index >= 15 is 0 Å². The van der Waals surface area contributed by atoms with E-state index in [4.69, 9.17) is 9.47 Å². The first-order valence-electron chi connectivity index (χ1n) is 6.59. The van der Waals surface area contributed by atoms with Gasteiger partial charge in [-0.1, -0.05) is 13.3 Å². The third kappa shape index (κ3) is 4.55. The molecule has 0 saturated carbocycles. The number of aryl methyl sites for hydroxylation is 1. The number of hydrogen-bond donors (Lipinski definition) is 1. The molecule has 0 saturated heterocycles. The fraction of sp³-hybridized carbons (Fsp3) is 0.692. The molecule has 6 heteroatoms. The first kappa shape index (κ1) is 15.5. The Balaban J connectivity index is 2.57. The Hall–Kier alpha value is -1.56. The van der Waals surface area contributed by atoms with Crippen LogP contribution in [0.25, 0.3) is 0 Å². The van der Waals surface area contributed by atoms with Crippen molar-refractivity contribution in [2.75, 3.05) is 13.7 Å². The maximum absolute atomic E-state index is 11.7. The minimum atomic E-state index is -0.280. The van der Waals surface area contributed by atoms with Crippen LogP contribution in [0.15, 0.2) is 6.07 Å². The summed E-state index contributed by atoms with van der Waals surface area (Å²) in [5.74, 6) is 0.493. The van der Waals surface area contributed by atoms with Gasteiger partial charge in [-0.15, -0.1) is 0 Å². The summed E-state index contributed by atoms with van der Waals surface area (Å²) < 4.78 is 11.9. The van der Waals surface area contributed by atoms with E-state index in [0.29, 0.717) is 19.0 Å². The molecule has 1 unspecified atom stereocenters. The highest BCUT2D eigenvalue weighted by Gasteiger charge is 2.18. The summed E-state index contributed by atoms with van der Waals surface area (Å²) in [7, 11) is 3.42. The number of ether oxygens (including phenoxy) is 2. The maximum atomic E-state index is 11.7. The largest absolute Gasteiger partial charge is 0.481 e. The molecular weight excluding hydrogens is 246 g/mol. The topological polar surface area (TPSA) is 65.4 Å². The molecule has 0 aliphatic rings. The molecule has 108 valence electrons. The molecule has 1 rings (SSSR count). The standard InChI is InChI=1S/C13H23N3O3/c1-5-7-11(13(17)19-6-2)14-9-10-8-12(18-4)16(3)15-10/h8,11,14H,5-7,9H2,1-4H3. The molecule has 0 amide bonds. The highest BCUT2D eigenvalue weighted by Crippen LogP contribution is 2.11. The van der Waals surface area contributed by atoms with Crippen LogP contribution < -0.4 is 10.1 Å². The molecule has 0 radical (unpaired) electrons. The summed E-state index contributed by atoms with van der Waals surface area (Å²) in [6.07, 6.45) is 1.67. The Bertz CT molecular complexity index is 404. The summed E-state index contributed by atoms with van der Waals surface area (Å²) in [5, 5.41) is 7.48. The van der Waals surface area contributed by atoms with Crippen molar-refractivity contribution in [2.24, 2.45) is 7.05 Å². The molecule has 1 heterocycles. The number of carbonyl (C=O) groups is 1. The molecule has 1 N–H and O–H groups in total. The van der Waals surface area contributed by atoms with E-state index in [-0.39, 0.29) is 12.0 Å². The minimum absolute atomic E-state index is 0.202. The predicted molar refractivity (Wildman–Crippen MR) is 71.9 cm³/mol. The Morgan fingerprint density at radius 1 is 1.53 bits per heavy atom. The number of aromatic nitrogens is 2. The van der Waals surface area contributed by atoms with Crippen molar-refractivity contribution in [3.8, 4) is 5.88 Å². The van der Waals surface area contributed by atoms with E-state index in [1.807, 2.05) is 27.0 Å². The Labute approximate surface area is 114 Å². The molecule has 1 aromatic heterocycles. The number of methoxy groups -OCH3 is 1. The van der Waals surface area contributed by atoms with Crippen LogP contribution in [0.5, 0.6) is 5.88 Å². The van der Waals surface area contributed by atoms with Crippen LogP contribution in [0.3, 0.4) is 0 Å². The molecule has 0 fully saturated rings. The van der Waals surface area contributed by atoms with Gasteiger partial charge in [-0.05, 0) is 13.3 Å². The minimum Gasteiger partial charge on any atom is -0.481 e. The number of hydrogen-bond acceptors (Lipinski definition) is 5. The number of esters is 1. The van der Waals surface area contributed by atoms with Gasteiger partial charge in [-0.25, -0.2) is 4.68 Å². The number of nitrogens with one attached hydrogen (secondary N) is 1. The summed E-state index contributed by atoms with van der Waals surface area (Å²) in [6, 6.07) is 1.57. The lowest BCUT2D eigenvalue weighted by molar-refractivity contribution is -0.145. The Kier molecular flexibility index (Phi) is 6.35. The monoisotopic (exact) mass is 269 g/mol. The average molecular weight is 269 g/mol. The molecule has 0 aromatic carbocycles. The van der Waals surface area contributed by atoms with Gasteiger partial charge in [0.25, 0.3) is 0 Å². The Morgan fingerprint density at radius 3 is 2.79 bits per heavy atom. The van der Waals surface area contributed by atoms with Crippen LogP contribution in [-0.2, 0) is 23.1 Å². The molecule has 0 aliphatic heterocycles. The number of carbonyl (C=O) groups excluding carboxylic acids is 1. The third-order valence-corrected chi connectivity index (χ3v) is 2.77. The van der Waals surface area contributed by atoms with Gasteiger partial charge in [0.1, 0.15) is 6.04 Å². The zero-order valence-electron chi connectivity index (χ0n) is 12.1.